The summed E-state index contributed by atoms with van der Waals surface area (Å²) in [5.74, 6) is 0.885. The number of rotatable bonds is 7. The molecule has 1 heterocycles. The molecule has 1 fully saturated rings. The lowest BCUT2D eigenvalue weighted by molar-refractivity contribution is -0.00502. The van der Waals surface area contributed by atoms with E-state index >= 15 is 0 Å². The molecular formula is C15H32N4O3S. The molecular weight excluding hydrogens is 316 g/mol. The quantitative estimate of drug-likeness (QED) is 0.501. The normalized spacial score (nSPS) is 20.3. The van der Waals surface area contributed by atoms with Gasteiger partial charge in [0.1, 0.15) is 9.84 Å². The molecule has 0 aromatic heterocycles. The van der Waals surface area contributed by atoms with Crippen LogP contribution in [0.25, 0.3) is 0 Å². The number of hydrogen-bond donors (Lipinski definition) is 2. The van der Waals surface area contributed by atoms with Crippen LogP contribution in [0.1, 0.15) is 26.2 Å². The first kappa shape index (κ1) is 20.2. The highest BCUT2D eigenvalue weighted by Gasteiger charge is 2.34. The van der Waals surface area contributed by atoms with Gasteiger partial charge >= 0.3 is 0 Å². The highest BCUT2D eigenvalue weighted by molar-refractivity contribution is 7.90. The molecule has 0 radical (unpaired) electrons. The lowest BCUT2D eigenvalue weighted by Crippen LogP contribution is -2.57. The molecule has 1 saturated heterocycles. The molecule has 0 aliphatic carbocycles. The summed E-state index contributed by atoms with van der Waals surface area (Å²) in [5.41, 5.74) is 0.0614. The summed E-state index contributed by atoms with van der Waals surface area (Å²) < 4.78 is 28.0. The van der Waals surface area contributed by atoms with Crippen molar-refractivity contribution in [3.8, 4) is 0 Å². The van der Waals surface area contributed by atoms with Crippen molar-refractivity contribution in [1.82, 2.24) is 15.5 Å². The summed E-state index contributed by atoms with van der Waals surface area (Å²) in [7, 11) is 2.98. The number of ether oxygens (including phenoxy) is 1. The lowest BCUT2D eigenvalue weighted by Gasteiger charge is -2.43. The molecule has 1 atom stereocenters. The molecule has 1 rings (SSSR count). The maximum Gasteiger partial charge on any atom is 0.191 e. The largest absolute Gasteiger partial charge is 0.381 e. The molecule has 0 bridgehead atoms. The Labute approximate surface area is 140 Å². The van der Waals surface area contributed by atoms with Gasteiger partial charge in [-0.25, -0.2) is 8.42 Å². The number of sulfone groups is 1. The maximum absolute atomic E-state index is 11.2. The van der Waals surface area contributed by atoms with Gasteiger partial charge in [0.05, 0.1) is 5.75 Å². The number of hydrogen-bond acceptors (Lipinski definition) is 5. The van der Waals surface area contributed by atoms with E-state index in [1.54, 1.807) is 7.05 Å². The van der Waals surface area contributed by atoms with Gasteiger partial charge in [0.2, 0.25) is 0 Å². The van der Waals surface area contributed by atoms with E-state index in [4.69, 9.17) is 4.74 Å². The molecule has 23 heavy (non-hydrogen) atoms. The van der Waals surface area contributed by atoms with E-state index in [1.165, 1.54) is 6.26 Å². The monoisotopic (exact) mass is 348 g/mol. The van der Waals surface area contributed by atoms with E-state index in [2.05, 4.69) is 34.6 Å². The Kier molecular flexibility index (Phi) is 7.76. The van der Waals surface area contributed by atoms with E-state index in [0.717, 1.165) is 32.6 Å². The highest BCUT2D eigenvalue weighted by Crippen LogP contribution is 2.24. The molecule has 0 aromatic carbocycles. The zero-order valence-electron chi connectivity index (χ0n) is 15.1. The minimum atomic E-state index is -2.93. The Balaban J connectivity index is 2.52. The highest BCUT2D eigenvalue weighted by atomic mass is 32.2. The molecule has 0 spiro atoms. The molecule has 8 heteroatoms. The third kappa shape index (κ3) is 7.05. The summed E-state index contributed by atoms with van der Waals surface area (Å²) in [5, 5.41) is 6.64. The van der Waals surface area contributed by atoms with Gasteiger partial charge < -0.3 is 20.3 Å². The third-order valence-electron chi connectivity index (χ3n) is 4.49. The van der Waals surface area contributed by atoms with E-state index in [-0.39, 0.29) is 17.3 Å². The van der Waals surface area contributed by atoms with Gasteiger partial charge in [0, 0.05) is 44.6 Å². The second-order valence-corrected chi connectivity index (χ2v) is 8.88. The molecule has 0 saturated carbocycles. The van der Waals surface area contributed by atoms with Crippen LogP contribution in [0, 0.1) is 0 Å². The molecule has 0 aromatic rings. The molecule has 1 aliphatic heterocycles. The van der Waals surface area contributed by atoms with Crippen molar-refractivity contribution in [2.24, 2.45) is 4.99 Å². The molecule has 1 unspecified atom stereocenters. The zero-order valence-corrected chi connectivity index (χ0v) is 15.9. The number of nitrogens with one attached hydrogen (secondary N) is 2. The summed E-state index contributed by atoms with van der Waals surface area (Å²) in [6, 6.07) is 0.0425. The fourth-order valence-corrected chi connectivity index (χ4v) is 3.45. The lowest BCUT2D eigenvalue weighted by atomic mass is 9.88. The van der Waals surface area contributed by atoms with Crippen molar-refractivity contribution in [3.63, 3.8) is 0 Å². The SMILES string of the molecule is CN=C(NCC1(N(C)C)CCOCC1)NC(C)CCS(C)(=O)=O. The summed E-state index contributed by atoms with van der Waals surface area (Å²) in [6.07, 6.45) is 3.78. The number of guanidine groups is 1. The van der Waals surface area contributed by atoms with Gasteiger partial charge in [-0.15, -0.1) is 0 Å². The van der Waals surface area contributed by atoms with Crippen LogP contribution in [-0.4, -0.2) is 83.8 Å². The van der Waals surface area contributed by atoms with Crippen LogP contribution < -0.4 is 10.6 Å². The number of nitrogens with zero attached hydrogens (tertiary/aromatic N) is 2. The maximum atomic E-state index is 11.2. The smallest absolute Gasteiger partial charge is 0.191 e. The predicted molar refractivity (Wildman–Crippen MR) is 94.8 cm³/mol. The Morgan fingerprint density at radius 1 is 1.35 bits per heavy atom. The minimum absolute atomic E-state index is 0.0425. The molecule has 7 nitrogen and oxygen atoms in total. The molecule has 2 N–H and O–H groups in total. The Morgan fingerprint density at radius 3 is 2.43 bits per heavy atom. The van der Waals surface area contributed by atoms with E-state index in [0.29, 0.717) is 12.4 Å². The van der Waals surface area contributed by atoms with Crippen LogP contribution in [0.3, 0.4) is 0 Å². The van der Waals surface area contributed by atoms with Gasteiger partial charge in [0.25, 0.3) is 0 Å². The van der Waals surface area contributed by atoms with Crippen molar-refractivity contribution < 1.29 is 13.2 Å². The van der Waals surface area contributed by atoms with E-state index in [9.17, 15) is 8.42 Å². The average molecular weight is 349 g/mol. The first-order valence-corrected chi connectivity index (χ1v) is 10.1. The Morgan fingerprint density at radius 2 is 1.96 bits per heavy atom. The summed E-state index contributed by atoms with van der Waals surface area (Å²) in [4.78, 5) is 6.50. The Bertz CT molecular complexity index is 485. The first-order chi connectivity index (χ1) is 10.7. The molecule has 136 valence electrons. The average Bonchev–Trinajstić information content (AvgIpc) is 2.49. The van der Waals surface area contributed by atoms with Crippen LogP contribution in [-0.2, 0) is 14.6 Å². The molecule has 1 aliphatic rings. The first-order valence-electron chi connectivity index (χ1n) is 8.08. The van der Waals surface area contributed by atoms with Gasteiger partial charge in [0.15, 0.2) is 5.96 Å². The minimum Gasteiger partial charge on any atom is -0.381 e. The Hall–Kier alpha value is -0.860. The zero-order chi connectivity index (χ0) is 17.5. The van der Waals surface area contributed by atoms with Crippen molar-refractivity contribution in [3.05, 3.63) is 0 Å². The van der Waals surface area contributed by atoms with Crippen LogP contribution >= 0.6 is 0 Å². The van der Waals surface area contributed by atoms with Crippen molar-refractivity contribution in [2.45, 2.75) is 37.8 Å². The van der Waals surface area contributed by atoms with Gasteiger partial charge in [-0.3, -0.25) is 4.99 Å². The van der Waals surface area contributed by atoms with Crippen LogP contribution in [0.4, 0.5) is 0 Å². The number of likely N-dealkylation sites (N-methyl/N-ethyl adjacent to an activating group) is 1. The molecule has 0 amide bonds. The second kappa shape index (κ2) is 8.84. The van der Waals surface area contributed by atoms with E-state index < -0.39 is 9.84 Å². The standard InChI is InChI=1S/C15H32N4O3S/c1-13(6-11-23(5,20)21)18-14(16-2)17-12-15(19(3)4)7-9-22-10-8-15/h13H,6-12H2,1-5H3,(H2,16,17,18). The van der Waals surface area contributed by atoms with Gasteiger partial charge in [-0.1, -0.05) is 0 Å². The third-order valence-corrected chi connectivity index (χ3v) is 5.46. The van der Waals surface area contributed by atoms with Gasteiger partial charge in [-0.2, -0.15) is 0 Å². The van der Waals surface area contributed by atoms with Crippen LogP contribution in [0.15, 0.2) is 4.99 Å². The van der Waals surface area contributed by atoms with Crippen LogP contribution in [0.2, 0.25) is 0 Å². The van der Waals surface area contributed by atoms with Gasteiger partial charge in [-0.05, 0) is 40.3 Å². The van der Waals surface area contributed by atoms with E-state index in [1.807, 2.05) is 6.92 Å². The fraction of sp³-hybridized carbons (Fsp3) is 0.933. The van der Waals surface area contributed by atoms with Crippen LogP contribution in [0.5, 0.6) is 0 Å². The topological polar surface area (TPSA) is 83.0 Å². The fourth-order valence-electron chi connectivity index (χ4n) is 2.67. The second-order valence-electron chi connectivity index (χ2n) is 6.62. The summed E-state index contributed by atoms with van der Waals surface area (Å²) >= 11 is 0. The van der Waals surface area contributed by atoms with Crippen molar-refractivity contribution in [1.29, 1.82) is 0 Å². The number of aliphatic imine (C=N–C) groups is 1. The van der Waals surface area contributed by atoms with Crippen molar-refractivity contribution >= 4 is 15.8 Å². The predicted octanol–water partition coefficient (Wildman–Crippen LogP) is 0.0854. The summed E-state index contributed by atoms with van der Waals surface area (Å²) in [6.45, 7) is 4.29. The van der Waals surface area contributed by atoms with Crippen molar-refractivity contribution in [2.75, 3.05) is 52.9 Å².